The van der Waals surface area contributed by atoms with Crippen molar-refractivity contribution in [1.82, 2.24) is 19.6 Å². The number of fused-ring (bicyclic) bond motifs is 1. The molecule has 0 bridgehead atoms. The molecule has 0 spiro atoms. The van der Waals surface area contributed by atoms with E-state index in [4.69, 9.17) is 11.6 Å². The van der Waals surface area contributed by atoms with Gasteiger partial charge in [0, 0.05) is 12.4 Å². The molecule has 1 fully saturated rings. The minimum atomic E-state index is -0.761. The predicted octanol–water partition coefficient (Wildman–Crippen LogP) is 3.38. The van der Waals surface area contributed by atoms with E-state index in [1.54, 1.807) is 28.9 Å². The molecule has 24 heavy (non-hydrogen) atoms. The lowest BCUT2D eigenvalue weighted by atomic mass is 9.88. The van der Waals surface area contributed by atoms with E-state index in [9.17, 15) is 9.59 Å². The first-order valence-corrected chi connectivity index (χ1v) is 8.64. The number of nitrogens with one attached hydrogen (secondary N) is 1. The summed E-state index contributed by atoms with van der Waals surface area (Å²) in [5.74, 6) is -0.147. The van der Waals surface area contributed by atoms with Crippen LogP contribution in [0.5, 0.6) is 0 Å². The summed E-state index contributed by atoms with van der Waals surface area (Å²) >= 11 is 5.97. The van der Waals surface area contributed by atoms with Crippen molar-refractivity contribution in [3.8, 4) is 0 Å². The Morgan fingerprint density at radius 3 is 2.54 bits per heavy atom. The summed E-state index contributed by atoms with van der Waals surface area (Å²) in [6.45, 7) is 4.20. The van der Waals surface area contributed by atoms with Gasteiger partial charge in [0.2, 0.25) is 0 Å². The van der Waals surface area contributed by atoms with Crippen molar-refractivity contribution in [3.63, 3.8) is 0 Å². The van der Waals surface area contributed by atoms with Crippen LogP contribution < -0.4 is 5.32 Å². The van der Waals surface area contributed by atoms with Gasteiger partial charge in [0.15, 0.2) is 0 Å². The SMILES string of the molecule is CCCC1(CCC)NC(=O)N(Cc2cn3cc(Cl)ccc3n2)C1=O. The summed E-state index contributed by atoms with van der Waals surface area (Å²) < 4.78 is 1.79. The van der Waals surface area contributed by atoms with Crippen LogP contribution in [0.1, 0.15) is 45.2 Å². The maximum atomic E-state index is 12.9. The fraction of sp³-hybridized carbons (Fsp3) is 0.471. The summed E-state index contributed by atoms with van der Waals surface area (Å²) in [5.41, 5.74) is 0.627. The van der Waals surface area contributed by atoms with Gasteiger partial charge in [-0.1, -0.05) is 38.3 Å². The Morgan fingerprint density at radius 1 is 1.17 bits per heavy atom. The van der Waals surface area contributed by atoms with E-state index < -0.39 is 5.54 Å². The Kier molecular flexibility index (Phi) is 4.49. The molecular formula is C17H21ClN4O2. The monoisotopic (exact) mass is 348 g/mol. The third-order valence-corrected chi connectivity index (χ3v) is 4.61. The van der Waals surface area contributed by atoms with Gasteiger partial charge in [-0.3, -0.25) is 9.69 Å². The molecule has 1 N–H and O–H groups in total. The number of aromatic nitrogens is 2. The second-order valence-corrected chi connectivity index (χ2v) is 6.69. The van der Waals surface area contributed by atoms with Crippen LogP contribution in [-0.4, -0.2) is 31.8 Å². The summed E-state index contributed by atoms with van der Waals surface area (Å²) in [5, 5.41) is 3.52. The van der Waals surface area contributed by atoms with E-state index in [2.05, 4.69) is 10.3 Å². The number of urea groups is 1. The molecule has 0 aliphatic carbocycles. The van der Waals surface area contributed by atoms with Gasteiger partial charge in [-0.15, -0.1) is 0 Å². The third-order valence-electron chi connectivity index (χ3n) is 4.38. The lowest BCUT2D eigenvalue weighted by molar-refractivity contribution is -0.132. The molecule has 6 nitrogen and oxygen atoms in total. The average Bonchev–Trinajstić information content (AvgIpc) is 3.02. The number of imidazole rings is 1. The summed E-state index contributed by atoms with van der Waals surface area (Å²) in [7, 11) is 0. The van der Waals surface area contributed by atoms with Crippen LogP contribution in [0, 0.1) is 0 Å². The Bertz CT molecular complexity index is 780. The van der Waals surface area contributed by atoms with Crippen LogP contribution in [0.3, 0.4) is 0 Å². The molecule has 0 unspecified atom stereocenters. The fourth-order valence-corrected chi connectivity index (χ4v) is 3.56. The topological polar surface area (TPSA) is 66.7 Å². The van der Waals surface area contributed by atoms with Crippen LogP contribution >= 0.6 is 11.6 Å². The molecule has 3 rings (SSSR count). The Labute approximate surface area is 145 Å². The van der Waals surface area contributed by atoms with Crippen LogP contribution in [0.15, 0.2) is 24.5 Å². The zero-order valence-corrected chi connectivity index (χ0v) is 14.6. The first-order chi connectivity index (χ1) is 11.5. The molecule has 0 radical (unpaired) electrons. The summed E-state index contributed by atoms with van der Waals surface area (Å²) in [4.78, 5) is 31.0. The Morgan fingerprint density at radius 2 is 1.88 bits per heavy atom. The summed E-state index contributed by atoms with van der Waals surface area (Å²) in [6.07, 6.45) is 6.53. The normalized spacial score (nSPS) is 16.9. The quantitative estimate of drug-likeness (QED) is 0.814. The highest BCUT2D eigenvalue weighted by Crippen LogP contribution is 2.29. The van der Waals surface area contributed by atoms with Crippen molar-refractivity contribution < 1.29 is 9.59 Å². The van der Waals surface area contributed by atoms with Gasteiger partial charge in [-0.05, 0) is 25.0 Å². The van der Waals surface area contributed by atoms with Crippen molar-refractivity contribution in [3.05, 3.63) is 35.2 Å². The largest absolute Gasteiger partial charge is 0.325 e. The van der Waals surface area contributed by atoms with E-state index in [1.807, 2.05) is 13.8 Å². The average molecular weight is 349 g/mol. The number of pyridine rings is 1. The van der Waals surface area contributed by atoms with E-state index in [0.717, 1.165) is 18.5 Å². The third kappa shape index (κ3) is 2.86. The minimum absolute atomic E-state index is 0.147. The highest BCUT2D eigenvalue weighted by molar-refractivity contribution is 6.30. The number of rotatable bonds is 6. The van der Waals surface area contributed by atoms with Gasteiger partial charge in [0.25, 0.3) is 5.91 Å². The minimum Gasteiger partial charge on any atom is -0.323 e. The highest BCUT2D eigenvalue weighted by Gasteiger charge is 2.49. The smallest absolute Gasteiger partial charge is 0.323 e. The highest BCUT2D eigenvalue weighted by atomic mass is 35.5. The molecule has 2 aromatic rings. The number of carbonyl (C=O) groups is 2. The van der Waals surface area contributed by atoms with Gasteiger partial charge < -0.3 is 9.72 Å². The van der Waals surface area contributed by atoms with E-state index in [0.29, 0.717) is 23.6 Å². The zero-order chi connectivity index (χ0) is 17.3. The lowest BCUT2D eigenvalue weighted by Gasteiger charge is -2.25. The first kappa shape index (κ1) is 16.8. The van der Waals surface area contributed by atoms with Crippen LogP contribution in [0.25, 0.3) is 5.65 Å². The van der Waals surface area contributed by atoms with Crippen molar-refractivity contribution in [2.75, 3.05) is 0 Å². The number of imide groups is 1. The second-order valence-electron chi connectivity index (χ2n) is 6.25. The van der Waals surface area contributed by atoms with Gasteiger partial charge >= 0.3 is 6.03 Å². The van der Waals surface area contributed by atoms with Crippen molar-refractivity contribution in [2.45, 2.75) is 51.6 Å². The molecule has 3 amide bonds. The number of halogens is 1. The number of hydrogen-bond acceptors (Lipinski definition) is 3. The maximum Gasteiger partial charge on any atom is 0.325 e. The second kappa shape index (κ2) is 6.43. The van der Waals surface area contributed by atoms with Crippen LogP contribution in [0.2, 0.25) is 5.02 Å². The van der Waals surface area contributed by atoms with Gasteiger partial charge in [0.05, 0.1) is 17.3 Å². The van der Waals surface area contributed by atoms with E-state index >= 15 is 0 Å². The fourth-order valence-electron chi connectivity index (χ4n) is 3.39. The predicted molar refractivity (Wildman–Crippen MR) is 91.8 cm³/mol. The number of amides is 3. The lowest BCUT2D eigenvalue weighted by Crippen LogP contribution is -2.46. The number of carbonyl (C=O) groups excluding carboxylic acids is 2. The zero-order valence-electron chi connectivity index (χ0n) is 13.9. The molecule has 0 saturated carbocycles. The van der Waals surface area contributed by atoms with Gasteiger partial charge in [-0.25, -0.2) is 9.78 Å². The van der Waals surface area contributed by atoms with Gasteiger partial charge in [-0.2, -0.15) is 0 Å². The molecule has 1 aliphatic rings. The molecule has 128 valence electrons. The van der Waals surface area contributed by atoms with Crippen LogP contribution in [0.4, 0.5) is 4.79 Å². The van der Waals surface area contributed by atoms with E-state index in [1.165, 1.54) is 4.90 Å². The molecule has 7 heteroatoms. The number of nitrogens with zero attached hydrogens (tertiary/aromatic N) is 3. The van der Waals surface area contributed by atoms with Gasteiger partial charge in [0.1, 0.15) is 11.2 Å². The Hall–Kier alpha value is -2.08. The van der Waals surface area contributed by atoms with Crippen molar-refractivity contribution in [1.29, 1.82) is 0 Å². The summed E-state index contributed by atoms with van der Waals surface area (Å²) in [6, 6.07) is 3.22. The number of hydrogen-bond donors (Lipinski definition) is 1. The Balaban J connectivity index is 1.85. The molecule has 1 saturated heterocycles. The first-order valence-electron chi connectivity index (χ1n) is 8.26. The van der Waals surface area contributed by atoms with Crippen molar-refractivity contribution in [2.24, 2.45) is 0 Å². The van der Waals surface area contributed by atoms with Crippen LogP contribution in [-0.2, 0) is 11.3 Å². The standard InChI is InChI=1S/C17H21ClN4O2/c1-3-7-17(8-4-2)15(23)22(16(24)20-17)11-13-10-21-9-12(18)5-6-14(21)19-13/h5-6,9-10H,3-4,7-8,11H2,1-2H3,(H,20,24). The molecular weight excluding hydrogens is 328 g/mol. The maximum absolute atomic E-state index is 12.9. The molecule has 1 aliphatic heterocycles. The van der Waals surface area contributed by atoms with Crippen molar-refractivity contribution >= 4 is 29.2 Å². The molecule has 0 aromatic carbocycles. The molecule has 0 atom stereocenters. The molecule has 2 aromatic heterocycles. The van der Waals surface area contributed by atoms with E-state index in [-0.39, 0.29) is 18.5 Å². The molecule has 3 heterocycles.